The van der Waals surface area contributed by atoms with Crippen molar-refractivity contribution in [1.82, 2.24) is 0 Å². The maximum atomic E-state index is 5.53. The lowest BCUT2D eigenvalue weighted by molar-refractivity contribution is 0.473. The van der Waals surface area contributed by atoms with Crippen LogP contribution < -0.4 is 10.5 Å². The SMILES string of the molecule is C=C(C)c1ccccc1O/C=C(\N)CCl. The van der Waals surface area contributed by atoms with E-state index in [1.165, 1.54) is 6.26 Å². The van der Waals surface area contributed by atoms with Crippen molar-refractivity contribution in [2.24, 2.45) is 5.73 Å². The molecule has 0 aromatic heterocycles. The van der Waals surface area contributed by atoms with E-state index in [9.17, 15) is 0 Å². The second-order valence-electron chi connectivity index (χ2n) is 3.22. The van der Waals surface area contributed by atoms with Crippen LogP contribution in [0.3, 0.4) is 0 Å². The third kappa shape index (κ3) is 3.33. The van der Waals surface area contributed by atoms with Crippen LogP contribution in [0.1, 0.15) is 12.5 Å². The monoisotopic (exact) mass is 223 g/mol. The molecule has 3 heteroatoms. The molecule has 0 aliphatic heterocycles. The molecule has 1 aromatic carbocycles. The van der Waals surface area contributed by atoms with E-state index in [4.69, 9.17) is 22.1 Å². The first-order valence-electron chi connectivity index (χ1n) is 4.57. The summed E-state index contributed by atoms with van der Waals surface area (Å²) in [4.78, 5) is 0. The minimum atomic E-state index is 0.259. The van der Waals surface area contributed by atoms with Gasteiger partial charge in [0.1, 0.15) is 12.0 Å². The Morgan fingerprint density at radius 1 is 1.53 bits per heavy atom. The van der Waals surface area contributed by atoms with E-state index >= 15 is 0 Å². The first-order chi connectivity index (χ1) is 7.15. The van der Waals surface area contributed by atoms with Gasteiger partial charge in [-0.05, 0) is 18.6 Å². The van der Waals surface area contributed by atoms with Gasteiger partial charge in [0.25, 0.3) is 0 Å². The lowest BCUT2D eigenvalue weighted by atomic mass is 10.1. The van der Waals surface area contributed by atoms with Gasteiger partial charge < -0.3 is 10.5 Å². The fourth-order valence-corrected chi connectivity index (χ4v) is 1.16. The van der Waals surface area contributed by atoms with Crippen molar-refractivity contribution >= 4 is 17.2 Å². The van der Waals surface area contributed by atoms with Crippen LogP contribution in [0.2, 0.25) is 0 Å². The molecule has 2 N–H and O–H groups in total. The third-order valence-electron chi connectivity index (χ3n) is 1.84. The molecule has 1 rings (SSSR count). The number of para-hydroxylation sites is 1. The van der Waals surface area contributed by atoms with E-state index in [0.717, 1.165) is 16.9 Å². The van der Waals surface area contributed by atoms with Crippen LogP contribution in [0.25, 0.3) is 5.57 Å². The molecule has 1 aromatic rings. The predicted octanol–water partition coefficient (Wildman–Crippen LogP) is 3.14. The number of alkyl halides is 1. The second kappa shape index (κ2) is 5.47. The molecule has 0 amide bonds. The number of halogens is 1. The molecule has 0 aliphatic carbocycles. The number of hydrogen-bond acceptors (Lipinski definition) is 2. The molecule has 15 heavy (non-hydrogen) atoms. The van der Waals surface area contributed by atoms with Crippen LogP contribution in [0, 0.1) is 0 Å². The Morgan fingerprint density at radius 3 is 2.80 bits per heavy atom. The summed E-state index contributed by atoms with van der Waals surface area (Å²) in [6, 6.07) is 7.64. The fraction of sp³-hybridized carbons (Fsp3) is 0.167. The highest BCUT2D eigenvalue weighted by molar-refractivity contribution is 6.19. The predicted molar refractivity (Wildman–Crippen MR) is 64.8 cm³/mol. The highest BCUT2D eigenvalue weighted by atomic mass is 35.5. The summed E-state index contributed by atoms with van der Waals surface area (Å²) in [5, 5.41) is 0. The molecule has 0 saturated heterocycles. The zero-order valence-electron chi connectivity index (χ0n) is 8.66. The Hall–Kier alpha value is -1.41. The van der Waals surface area contributed by atoms with Crippen molar-refractivity contribution in [1.29, 1.82) is 0 Å². The Kier molecular flexibility index (Phi) is 4.25. The molecule has 80 valence electrons. The van der Waals surface area contributed by atoms with Gasteiger partial charge in [0, 0.05) is 5.56 Å². The van der Waals surface area contributed by atoms with Gasteiger partial charge in [-0.25, -0.2) is 0 Å². The number of allylic oxidation sites excluding steroid dienone is 2. The fourth-order valence-electron chi connectivity index (χ4n) is 1.09. The lowest BCUT2D eigenvalue weighted by Crippen LogP contribution is -2.01. The van der Waals surface area contributed by atoms with Crippen molar-refractivity contribution in [2.75, 3.05) is 5.88 Å². The molecule has 0 saturated carbocycles. The van der Waals surface area contributed by atoms with Gasteiger partial charge in [0.05, 0.1) is 11.6 Å². The highest BCUT2D eigenvalue weighted by Gasteiger charge is 2.01. The molecule has 0 unspecified atom stereocenters. The average Bonchev–Trinajstić information content (AvgIpc) is 2.26. The average molecular weight is 224 g/mol. The normalized spacial score (nSPS) is 11.2. The molecule has 2 nitrogen and oxygen atoms in total. The summed E-state index contributed by atoms with van der Waals surface area (Å²) in [6.45, 7) is 5.80. The van der Waals surface area contributed by atoms with E-state index < -0.39 is 0 Å². The highest BCUT2D eigenvalue weighted by Crippen LogP contribution is 2.24. The van der Waals surface area contributed by atoms with Gasteiger partial charge in [-0.2, -0.15) is 0 Å². The largest absolute Gasteiger partial charge is 0.463 e. The van der Waals surface area contributed by atoms with Crippen molar-refractivity contribution in [3.8, 4) is 5.75 Å². The first-order valence-corrected chi connectivity index (χ1v) is 5.10. The number of hydrogen-bond donors (Lipinski definition) is 1. The number of nitrogens with two attached hydrogens (primary N) is 1. The van der Waals surface area contributed by atoms with Gasteiger partial charge in [0.2, 0.25) is 0 Å². The van der Waals surface area contributed by atoms with Crippen LogP contribution in [0.4, 0.5) is 0 Å². The molecule has 0 spiro atoms. The molecular formula is C12H14ClNO. The van der Waals surface area contributed by atoms with E-state index in [-0.39, 0.29) is 5.88 Å². The summed E-state index contributed by atoms with van der Waals surface area (Å²) < 4.78 is 5.42. The molecular weight excluding hydrogens is 210 g/mol. The summed E-state index contributed by atoms with van der Waals surface area (Å²) in [6.07, 6.45) is 1.45. The standard InChI is InChI=1S/C12H14ClNO/c1-9(2)11-5-3-4-6-12(11)15-8-10(14)7-13/h3-6,8H,1,7,14H2,2H3/b10-8-. The summed E-state index contributed by atoms with van der Waals surface area (Å²) in [5.74, 6) is 0.993. The lowest BCUT2D eigenvalue weighted by Gasteiger charge is -2.07. The number of ether oxygens (including phenoxy) is 1. The maximum absolute atomic E-state index is 5.53. The van der Waals surface area contributed by atoms with E-state index in [0.29, 0.717) is 5.70 Å². The minimum absolute atomic E-state index is 0.259. The Labute approximate surface area is 95.0 Å². The summed E-state index contributed by atoms with van der Waals surface area (Å²) in [7, 11) is 0. The summed E-state index contributed by atoms with van der Waals surface area (Å²) in [5.41, 5.74) is 7.94. The Morgan fingerprint density at radius 2 is 2.20 bits per heavy atom. The van der Waals surface area contributed by atoms with Gasteiger partial charge in [0.15, 0.2) is 0 Å². The van der Waals surface area contributed by atoms with Gasteiger partial charge in [-0.3, -0.25) is 0 Å². The second-order valence-corrected chi connectivity index (χ2v) is 3.49. The van der Waals surface area contributed by atoms with Gasteiger partial charge in [-0.15, -0.1) is 11.6 Å². The van der Waals surface area contributed by atoms with E-state index in [1.54, 1.807) is 0 Å². The molecule has 0 radical (unpaired) electrons. The van der Waals surface area contributed by atoms with Crippen molar-refractivity contribution in [3.05, 3.63) is 48.4 Å². The topological polar surface area (TPSA) is 35.2 Å². The smallest absolute Gasteiger partial charge is 0.134 e. The number of benzene rings is 1. The van der Waals surface area contributed by atoms with Crippen LogP contribution in [0.5, 0.6) is 5.75 Å². The molecule has 0 fully saturated rings. The van der Waals surface area contributed by atoms with Crippen LogP contribution in [-0.4, -0.2) is 5.88 Å². The van der Waals surface area contributed by atoms with Gasteiger partial charge >= 0.3 is 0 Å². The minimum Gasteiger partial charge on any atom is -0.463 e. The van der Waals surface area contributed by atoms with Crippen LogP contribution >= 0.6 is 11.6 Å². The zero-order valence-corrected chi connectivity index (χ0v) is 9.42. The van der Waals surface area contributed by atoms with Crippen LogP contribution in [0.15, 0.2) is 42.8 Å². The summed E-state index contributed by atoms with van der Waals surface area (Å²) >= 11 is 5.53. The molecule has 0 aliphatic rings. The zero-order chi connectivity index (χ0) is 11.3. The van der Waals surface area contributed by atoms with Gasteiger partial charge in [-0.1, -0.05) is 24.8 Å². The molecule has 0 bridgehead atoms. The van der Waals surface area contributed by atoms with E-state index in [2.05, 4.69) is 6.58 Å². The Balaban J connectivity index is 2.90. The van der Waals surface area contributed by atoms with Crippen molar-refractivity contribution in [3.63, 3.8) is 0 Å². The quantitative estimate of drug-likeness (QED) is 0.629. The first kappa shape index (κ1) is 11.7. The number of rotatable bonds is 4. The molecule has 0 heterocycles. The third-order valence-corrected chi connectivity index (χ3v) is 2.15. The van der Waals surface area contributed by atoms with Crippen molar-refractivity contribution in [2.45, 2.75) is 6.92 Å². The van der Waals surface area contributed by atoms with E-state index in [1.807, 2.05) is 31.2 Å². The maximum Gasteiger partial charge on any atom is 0.134 e. The van der Waals surface area contributed by atoms with Crippen LogP contribution in [-0.2, 0) is 0 Å². The molecule has 0 atom stereocenters. The van der Waals surface area contributed by atoms with Crippen molar-refractivity contribution < 1.29 is 4.74 Å². The Bertz CT molecular complexity index is 385.